The first-order valence-electron chi connectivity index (χ1n) is 6.95. The van der Waals surface area contributed by atoms with Gasteiger partial charge in [0.05, 0.1) is 0 Å². The number of hydrogen-bond acceptors (Lipinski definition) is 2. The van der Waals surface area contributed by atoms with Crippen molar-refractivity contribution < 1.29 is 9.90 Å². The van der Waals surface area contributed by atoms with Crippen LogP contribution in [0.25, 0.3) is 10.8 Å². The zero-order chi connectivity index (χ0) is 14.8. The molecule has 2 aromatic carbocycles. The van der Waals surface area contributed by atoms with Crippen LogP contribution in [0.4, 0.5) is 0 Å². The van der Waals surface area contributed by atoms with Crippen LogP contribution in [0, 0.1) is 5.92 Å². The Labute approximate surface area is 131 Å². The fraction of sp³-hybridized carbons (Fsp3) is 0.235. The van der Waals surface area contributed by atoms with Crippen LogP contribution in [0.3, 0.4) is 0 Å². The Balaban J connectivity index is 1.76. The lowest BCUT2D eigenvalue weighted by Gasteiger charge is -2.13. The lowest BCUT2D eigenvalue weighted by atomic mass is 10.1. The van der Waals surface area contributed by atoms with Crippen molar-refractivity contribution in [2.24, 2.45) is 5.92 Å². The van der Waals surface area contributed by atoms with Gasteiger partial charge < -0.3 is 10.4 Å². The van der Waals surface area contributed by atoms with E-state index in [1.165, 1.54) is 0 Å². The van der Waals surface area contributed by atoms with Crippen molar-refractivity contribution in [3.8, 4) is 0 Å². The number of carbonyl (C=O) groups is 1. The van der Waals surface area contributed by atoms with Crippen molar-refractivity contribution in [3.05, 3.63) is 58.6 Å². The molecule has 2 aromatic rings. The van der Waals surface area contributed by atoms with Crippen molar-refractivity contribution in [3.63, 3.8) is 0 Å². The number of amides is 1. The molecule has 3 rings (SSSR count). The second kappa shape index (κ2) is 6.00. The molecule has 0 saturated carbocycles. The van der Waals surface area contributed by atoms with Gasteiger partial charge in [0.1, 0.15) is 0 Å². The summed E-state index contributed by atoms with van der Waals surface area (Å²) in [6.45, 7) is 0.133. The summed E-state index contributed by atoms with van der Waals surface area (Å²) in [7, 11) is 0. The molecule has 0 spiro atoms. The highest BCUT2D eigenvalue weighted by atomic mass is 79.9. The van der Waals surface area contributed by atoms with Gasteiger partial charge in [0.15, 0.2) is 0 Å². The monoisotopic (exact) mass is 345 g/mol. The van der Waals surface area contributed by atoms with E-state index in [0.29, 0.717) is 5.56 Å². The summed E-state index contributed by atoms with van der Waals surface area (Å²) in [4.78, 5) is 12.3. The molecule has 108 valence electrons. The number of nitrogens with one attached hydrogen (secondary N) is 1. The van der Waals surface area contributed by atoms with E-state index >= 15 is 0 Å². The molecule has 4 heteroatoms. The average molecular weight is 346 g/mol. The summed E-state index contributed by atoms with van der Waals surface area (Å²) in [6, 6.07) is 11.7. The Kier molecular flexibility index (Phi) is 4.08. The number of hydrogen-bond donors (Lipinski definition) is 2. The van der Waals surface area contributed by atoms with E-state index in [1.54, 1.807) is 0 Å². The first kappa shape index (κ1) is 14.3. The highest BCUT2D eigenvalue weighted by molar-refractivity contribution is 9.10. The predicted molar refractivity (Wildman–Crippen MR) is 87.2 cm³/mol. The molecule has 0 radical (unpaired) electrons. The molecule has 2 N–H and O–H groups in total. The number of aliphatic hydroxyl groups is 1. The molecule has 21 heavy (non-hydrogen) atoms. The van der Waals surface area contributed by atoms with Gasteiger partial charge in [-0.2, -0.15) is 0 Å². The summed E-state index contributed by atoms with van der Waals surface area (Å²) in [5.74, 6) is 0.0808. The summed E-state index contributed by atoms with van der Waals surface area (Å²) in [6.07, 6.45) is 4.68. The van der Waals surface area contributed by atoms with Gasteiger partial charge in [0.2, 0.25) is 0 Å². The number of fused-ring (bicyclic) bond motifs is 1. The van der Waals surface area contributed by atoms with Crippen LogP contribution in [0.2, 0.25) is 0 Å². The van der Waals surface area contributed by atoms with E-state index in [9.17, 15) is 4.79 Å². The van der Waals surface area contributed by atoms with Gasteiger partial charge >= 0.3 is 0 Å². The van der Waals surface area contributed by atoms with Crippen LogP contribution in [0.15, 0.2) is 53.0 Å². The minimum Gasteiger partial charge on any atom is -0.396 e. The summed E-state index contributed by atoms with van der Waals surface area (Å²) < 4.78 is 1.03. The highest BCUT2D eigenvalue weighted by Gasteiger charge is 2.20. The number of halogens is 1. The molecule has 0 unspecified atom stereocenters. The molecule has 0 aromatic heterocycles. The van der Waals surface area contributed by atoms with E-state index in [0.717, 1.165) is 21.7 Å². The van der Waals surface area contributed by atoms with Gasteiger partial charge in [-0.3, -0.25) is 4.79 Å². The molecule has 1 aliphatic rings. The van der Waals surface area contributed by atoms with Crippen LogP contribution in [-0.2, 0) is 0 Å². The van der Waals surface area contributed by atoms with Gasteiger partial charge in [0, 0.05) is 28.6 Å². The van der Waals surface area contributed by atoms with E-state index in [4.69, 9.17) is 5.11 Å². The van der Waals surface area contributed by atoms with Crippen molar-refractivity contribution in [1.29, 1.82) is 0 Å². The molecule has 0 heterocycles. The normalized spacial score (nSPS) is 20.9. The molecule has 2 atom stereocenters. The Morgan fingerprint density at radius 1 is 1.19 bits per heavy atom. The first-order chi connectivity index (χ1) is 10.2. The average Bonchev–Trinajstić information content (AvgIpc) is 2.94. The molecule has 0 bridgehead atoms. The highest BCUT2D eigenvalue weighted by Crippen LogP contribution is 2.22. The van der Waals surface area contributed by atoms with Crippen LogP contribution in [0.1, 0.15) is 16.8 Å². The van der Waals surface area contributed by atoms with Crippen LogP contribution in [-0.4, -0.2) is 23.7 Å². The van der Waals surface area contributed by atoms with Gasteiger partial charge in [-0.15, -0.1) is 0 Å². The molecule has 0 saturated heterocycles. The predicted octanol–water partition coefficient (Wildman–Crippen LogP) is 3.27. The second-order valence-electron chi connectivity index (χ2n) is 5.35. The zero-order valence-corrected chi connectivity index (χ0v) is 13.0. The third-order valence-corrected chi connectivity index (χ3v) is 4.28. The van der Waals surface area contributed by atoms with Crippen molar-refractivity contribution in [2.75, 3.05) is 6.61 Å². The van der Waals surface area contributed by atoms with Gasteiger partial charge in [-0.05, 0) is 41.5 Å². The van der Waals surface area contributed by atoms with Crippen molar-refractivity contribution in [2.45, 2.75) is 12.5 Å². The number of aliphatic hydroxyl groups excluding tert-OH is 1. The Hall–Kier alpha value is -1.65. The quantitative estimate of drug-likeness (QED) is 0.838. The SMILES string of the molecule is O=C(N[C@@H]1C=C[C@H](CO)C1)c1ccc2cc(Br)ccc2c1. The number of benzene rings is 2. The minimum atomic E-state index is -0.0759. The Morgan fingerprint density at radius 2 is 1.95 bits per heavy atom. The van der Waals surface area contributed by atoms with E-state index in [2.05, 4.69) is 21.2 Å². The van der Waals surface area contributed by atoms with E-state index in [-0.39, 0.29) is 24.5 Å². The third kappa shape index (κ3) is 3.17. The Morgan fingerprint density at radius 3 is 2.71 bits per heavy atom. The molecular weight excluding hydrogens is 330 g/mol. The third-order valence-electron chi connectivity index (χ3n) is 3.79. The van der Waals surface area contributed by atoms with Crippen molar-refractivity contribution >= 4 is 32.6 Å². The van der Waals surface area contributed by atoms with Crippen LogP contribution in [0.5, 0.6) is 0 Å². The second-order valence-corrected chi connectivity index (χ2v) is 6.27. The van der Waals surface area contributed by atoms with Crippen LogP contribution >= 0.6 is 15.9 Å². The molecule has 1 amide bonds. The van der Waals surface area contributed by atoms with Gasteiger partial charge in [-0.25, -0.2) is 0 Å². The van der Waals surface area contributed by atoms with E-state index < -0.39 is 0 Å². The fourth-order valence-electron chi connectivity index (χ4n) is 2.63. The number of rotatable bonds is 3. The van der Waals surface area contributed by atoms with Crippen LogP contribution < -0.4 is 5.32 Å². The smallest absolute Gasteiger partial charge is 0.251 e. The zero-order valence-electron chi connectivity index (χ0n) is 11.4. The lowest BCUT2D eigenvalue weighted by Crippen LogP contribution is -2.32. The maximum absolute atomic E-state index is 12.3. The minimum absolute atomic E-state index is 0.00950. The molecule has 0 fully saturated rings. The molecular formula is C17H16BrNO2. The Bertz CT molecular complexity index is 711. The summed E-state index contributed by atoms with van der Waals surface area (Å²) in [5.41, 5.74) is 0.658. The van der Waals surface area contributed by atoms with Crippen molar-refractivity contribution in [1.82, 2.24) is 5.32 Å². The maximum Gasteiger partial charge on any atom is 0.251 e. The number of carbonyl (C=O) groups excluding carboxylic acids is 1. The molecule has 1 aliphatic carbocycles. The maximum atomic E-state index is 12.3. The standard InChI is InChI=1S/C17H16BrNO2/c18-15-5-4-12-8-14(3-2-13(12)9-15)17(21)19-16-6-1-11(7-16)10-20/h1-6,8-9,11,16,20H,7,10H2,(H,19,21)/t11-,16+/m0/s1. The molecule has 0 aliphatic heterocycles. The van der Waals surface area contributed by atoms with Gasteiger partial charge in [0.25, 0.3) is 5.91 Å². The first-order valence-corrected chi connectivity index (χ1v) is 7.74. The van der Waals surface area contributed by atoms with E-state index in [1.807, 2.05) is 48.6 Å². The lowest BCUT2D eigenvalue weighted by molar-refractivity contribution is 0.0941. The summed E-state index contributed by atoms with van der Waals surface area (Å²) >= 11 is 3.44. The molecule has 3 nitrogen and oxygen atoms in total. The fourth-order valence-corrected chi connectivity index (χ4v) is 3.01. The topological polar surface area (TPSA) is 49.3 Å². The summed E-state index contributed by atoms with van der Waals surface area (Å²) in [5, 5.41) is 14.2. The van der Waals surface area contributed by atoms with Gasteiger partial charge in [-0.1, -0.05) is 40.2 Å². The largest absolute Gasteiger partial charge is 0.396 e.